The van der Waals surface area contributed by atoms with Gasteiger partial charge >= 0.3 is 0 Å². The zero-order valence-electron chi connectivity index (χ0n) is 14.3. The van der Waals surface area contributed by atoms with Crippen LogP contribution in [0.1, 0.15) is 30.0 Å². The fraction of sp³-hybridized carbons (Fsp3) is 0.333. The molecule has 0 saturated carbocycles. The lowest BCUT2D eigenvalue weighted by Gasteiger charge is -2.27. The number of amides is 2. The van der Waals surface area contributed by atoms with Gasteiger partial charge in [0.1, 0.15) is 6.04 Å². The summed E-state index contributed by atoms with van der Waals surface area (Å²) in [5.74, 6) is -0.519. The Morgan fingerprint density at radius 1 is 1.20 bits per heavy atom. The van der Waals surface area contributed by atoms with Crippen LogP contribution < -0.4 is 5.32 Å². The lowest BCUT2D eigenvalue weighted by molar-refractivity contribution is -0.133. The van der Waals surface area contributed by atoms with Gasteiger partial charge in [0, 0.05) is 13.6 Å². The van der Waals surface area contributed by atoms with E-state index >= 15 is 0 Å². The van der Waals surface area contributed by atoms with Gasteiger partial charge in [-0.25, -0.2) is 0 Å². The Hall–Kier alpha value is -1.98. The molecule has 0 saturated heterocycles. The first-order valence-electron chi connectivity index (χ1n) is 7.83. The van der Waals surface area contributed by atoms with Crippen LogP contribution in [0.5, 0.6) is 0 Å². The van der Waals surface area contributed by atoms with Crippen LogP contribution >= 0.6 is 23.2 Å². The summed E-state index contributed by atoms with van der Waals surface area (Å²) in [7, 11) is 1.68. The van der Waals surface area contributed by atoms with Crippen molar-refractivity contribution in [1.29, 1.82) is 0 Å². The standard InChI is InChI=1S/C18H20Cl2N2O3/c1-11(2)16(21-17(23)15-5-4-8-25-15)18(24)22(3)10-12-6-7-13(19)14(20)9-12/h4-9,11,16H,10H2,1-3H3,(H,21,23). The minimum atomic E-state index is -0.662. The summed E-state index contributed by atoms with van der Waals surface area (Å²) >= 11 is 11.9. The van der Waals surface area contributed by atoms with E-state index in [0.717, 1.165) is 5.56 Å². The maximum atomic E-state index is 12.8. The average molecular weight is 383 g/mol. The van der Waals surface area contributed by atoms with Crippen molar-refractivity contribution in [3.63, 3.8) is 0 Å². The molecule has 1 atom stereocenters. The second kappa shape index (κ2) is 8.41. The van der Waals surface area contributed by atoms with Crippen LogP contribution in [0.15, 0.2) is 41.0 Å². The molecule has 2 rings (SSSR count). The van der Waals surface area contributed by atoms with E-state index in [1.807, 2.05) is 19.9 Å². The molecule has 0 spiro atoms. The second-order valence-corrected chi connectivity index (χ2v) is 6.93. The number of rotatable bonds is 6. The Labute approximate surface area is 156 Å². The molecule has 0 fully saturated rings. The van der Waals surface area contributed by atoms with Crippen molar-refractivity contribution in [1.82, 2.24) is 10.2 Å². The first-order valence-corrected chi connectivity index (χ1v) is 8.58. The van der Waals surface area contributed by atoms with Gasteiger partial charge < -0.3 is 14.6 Å². The molecular weight excluding hydrogens is 363 g/mol. The number of carbonyl (C=O) groups excluding carboxylic acids is 2. The third-order valence-electron chi connectivity index (χ3n) is 3.74. The quantitative estimate of drug-likeness (QED) is 0.820. The van der Waals surface area contributed by atoms with Crippen molar-refractivity contribution in [2.24, 2.45) is 5.92 Å². The first-order chi connectivity index (χ1) is 11.8. The molecule has 2 aromatic rings. The van der Waals surface area contributed by atoms with E-state index in [-0.39, 0.29) is 17.6 Å². The number of furan rings is 1. The minimum Gasteiger partial charge on any atom is -0.459 e. The highest BCUT2D eigenvalue weighted by Gasteiger charge is 2.28. The number of nitrogens with zero attached hydrogens (tertiary/aromatic N) is 1. The molecule has 1 unspecified atom stereocenters. The predicted molar refractivity (Wildman–Crippen MR) is 97.7 cm³/mol. The molecule has 0 bridgehead atoms. The van der Waals surface area contributed by atoms with E-state index in [1.165, 1.54) is 6.26 Å². The molecule has 1 N–H and O–H groups in total. The second-order valence-electron chi connectivity index (χ2n) is 6.12. The van der Waals surface area contributed by atoms with Crippen molar-refractivity contribution in [3.8, 4) is 0 Å². The third kappa shape index (κ3) is 5.00. The maximum Gasteiger partial charge on any atom is 0.287 e. The Balaban J connectivity index is 2.07. The maximum absolute atomic E-state index is 12.8. The van der Waals surface area contributed by atoms with Crippen molar-refractivity contribution >= 4 is 35.0 Å². The fourth-order valence-electron chi connectivity index (χ4n) is 2.36. The highest BCUT2D eigenvalue weighted by Crippen LogP contribution is 2.23. The average Bonchev–Trinajstić information content (AvgIpc) is 3.09. The summed E-state index contributed by atoms with van der Waals surface area (Å²) in [6.45, 7) is 4.10. The molecular formula is C18H20Cl2N2O3. The molecule has 5 nitrogen and oxygen atoms in total. The van der Waals surface area contributed by atoms with Gasteiger partial charge in [-0.05, 0) is 35.7 Å². The zero-order valence-corrected chi connectivity index (χ0v) is 15.8. The van der Waals surface area contributed by atoms with Crippen LogP contribution in [0.25, 0.3) is 0 Å². The van der Waals surface area contributed by atoms with E-state index in [0.29, 0.717) is 16.6 Å². The summed E-state index contributed by atoms with van der Waals surface area (Å²) in [6.07, 6.45) is 1.41. The van der Waals surface area contributed by atoms with E-state index in [2.05, 4.69) is 5.32 Å². The summed E-state index contributed by atoms with van der Waals surface area (Å²) in [6, 6.07) is 7.73. The topological polar surface area (TPSA) is 62.6 Å². The molecule has 0 aliphatic rings. The van der Waals surface area contributed by atoms with E-state index in [4.69, 9.17) is 27.6 Å². The number of hydrogen-bond donors (Lipinski definition) is 1. The summed E-state index contributed by atoms with van der Waals surface area (Å²) in [5, 5.41) is 3.63. The zero-order chi connectivity index (χ0) is 18.6. The van der Waals surface area contributed by atoms with Crippen LogP contribution in [0, 0.1) is 5.92 Å². The van der Waals surface area contributed by atoms with Gasteiger partial charge in [0.15, 0.2) is 5.76 Å². The van der Waals surface area contributed by atoms with Crippen LogP contribution in [-0.2, 0) is 11.3 Å². The van der Waals surface area contributed by atoms with Crippen LogP contribution in [0.3, 0.4) is 0 Å². The summed E-state index contributed by atoms with van der Waals surface area (Å²) in [5.41, 5.74) is 0.852. The van der Waals surface area contributed by atoms with Gasteiger partial charge in [-0.2, -0.15) is 0 Å². The minimum absolute atomic E-state index is 0.0809. The number of hydrogen-bond acceptors (Lipinski definition) is 3. The van der Waals surface area contributed by atoms with Gasteiger partial charge in [0.05, 0.1) is 16.3 Å². The van der Waals surface area contributed by atoms with E-state index < -0.39 is 11.9 Å². The number of likely N-dealkylation sites (N-methyl/N-ethyl adjacent to an activating group) is 1. The molecule has 25 heavy (non-hydrogen) atoms. The highest BCUT2D eigenvalue weighted by molar-refractivity contribution is 6.42. The van der Waals surface area contributed by atoms with Gasteiger partial charge in [-0.3, -0.25) is 9.59 Å². The molecule has 1 aromatic carbocycles. The fourth-order valence-corrected chi connectivity index (χ4v) is 2.68. The Morgan fingerprint density at radius 2 is 1.92 bits per heavy atom. The van der Waals surface area contributed by atoms with Crippen LogP contribution in [-0.4, -0.2) is 29.8 Å². The Bertz CT molecular complexity index is 745. The van der Waals surface area contributed by atoms with Gasteiger partial charge in [-0.1, -0.05) is 43.1 Å². The Morgan fingerprint density at radius 3 is 2.48 bits per heavy atom. The normalized spacial score (nSPS) is 12.1. The summed E-state index contributed by atoms with van der Waals surface area (Å²) in [4.78, 5) is 26.5. The van der Waals surface area contributed by atoms with Crippen molar-refractivity contribution in [2.75, 3.05) is 7.05 Å². The van der Waals surface area contributed by atoms with Crippen molar-refractivity contribution in [3.05, 3.63) is 58.0 Å². The van der Waals surface area contributed by atoms with Crippen molar-refractivity contribution in [2.45, 2.75) is 26.4 Å². The Kier molecular flexibility index (Phi) is 6.51. The number of benzene rings is 1. The largest absolute Gasteiger partial charge is 0.459 e. The molecule has 1 heterocycles. The number of nitrogens with one attached hydrogen (secondary N) is 1. The molecule has 2 amide bonds. The molecule has 1 aromatic heterocycles. The van der Waals surface area contributed by atoms with Gasteiger partial charge in [0.25, 0.3) is 5.91 Å². The van der Waals surface area contributed by atoms with Gasteiger partial charge in [-0.15, -0.1) is 0 Å². The molecule has 7 heteroatoms. The van der Waals surface area contributed by atoms with Crippen LogP contribution in [0.2, 0.25) is 10.0 Å². The first kappa shape index (κ1) is 19.3. The lowest BCUT2D eigenvalue weighted by atomic mass is 10.0. The highest BCUT2D eigenvalue weighted by atomic mass is 35.5. The van der Waals surface area contributed by atoms with Crippen molar-refractivity contribution < 1.29 is 14.0 Å². The lowest BCUT2D eigenvalue weighted by Crippen LogP contribution is -2.49. The van der Waals surface area contributed by atoms with Crippen LogP contribution in [0.4, 0.5) is 0 Å². The summed E-state index contributed by atoms with van der Waals surface area (Å²) < 4.78 is 5.07. The SMILES string of the molecule is CC(C)C(NC(=O)c1ccco1)C(=O)N(C)Cc1ccc(Cl)c(Cl)c1. The predicted octanol–water partition coefficient (Wildman–Crippen LogP) is 4.00. The van der Waals surface area contributed by atoms with E-state index in [9.17, 15) is 9.59 Å². The van der Waals surface area contributed by atoms with Gasteiger partial charge in [0.2, 0.25) is 5.91 Å². The van der Waals surface area contributed by atoms with E-state index in [1.54, 1.807) is 36.2 Å². The smallest absolute Gasteiger partial charge is 0.287 e. The third-order valence-corrected chi connectivity index (χ3v) is 4.48. The monoisotopic (exact) mass is 382 g/mol. The number of halogens is 2. The molecule has 0 aliphatic carbocycles. The molecule has 134 valence electrons. The molecule has 0 aliphatic heterocycles. The number of carbonyl (C=O) groups is 2. The molecule has 0 radical (unpaired) electrons.